The molecule has 3 unspecified atom stereocenters. The van der Waals surface area contributed by atoms with E-state index in [1.807, 2.05) is 27.2 Å². The van der Waals surface area contributed by atoms with Crippen LogP contribution in [0.5, 0.6) is 0 Å². The Bertz CT molecular complexity index is 1930. The van der Waals surface area contributed by atoms with Crippen molar-refractivity contribution in [3.05, 3.63) is 134 Å². The van der Waals surface area contributed by atoms with Gasteiger partial charge in [0.2, 0.25) is 5.91 Å². The molecule has 518 valence electrons. The number of phosphoric acid groups is 1. The summed E-state index contributed by atoms with van der Waals surface area (Å²) in [6.45, 7) is 4.69. The van der Waals surface area contributed by atoms with Gasteiger partial charge in [0.05, 0.1) is 39.9 Å². The van der Waals surface area contributed by atoms with Crippen LogP contribution in [0.2, 0.25) is 0 Å². The molecule has 0 heterocycles. The van der Waals surface area contributed by atoms with Gasteiger partial charge < -0.3 is 19.8 Å². The van der Waals surface area contributed by atoms with Gasteiger partial charge in [-0.1, -0.05) is 340 Å². The lowest BCUT2D eigenvalue weighted by Gasteiger charge is -2.25. The zero-order valence-corrected chi connectivity index (χ0v) is 60.2. The van der Waals surface area contributed by atoms with Crippen LogP contribution in [0.15, 0.2) is 134 Å². The Balaban J connectivity index is 4.11. The summed E-state index contributed by atoms with van der Waals surface area (Å²) in [6.07, 6.45) is 106. The second kappa shape index (κ2) is 70.0. The zero-order chi connectivity index (χ0) is 65.5. The van der Waals surface area contributed by atoms with Crippen LogP contribution >= 0.6 is 7.82 Å². The van der Waals surface area contributed by atoms with Crippen LogP contribution in [0.3, 0.4) is 0 Å². The Morgan fingerprint density at radius 3 is 1.02 bits per heavy atom. The zero-order valence-electron chi connectivity index (χ0n) is 59.3. The predicted octanol–water partition coefficient (Wildman–Crippen LogP) is 24.6. The number of unbranched alkanes of at least 4 members (excludes halogenated alkanes) is 35. The number of carbonyl (C=O) groups is 1. The van der Waals surface area contributed by atoms with Gasteiger partial charge in [-0.05, 0) is 109 Å². The molecule has 0 rings (SSSR count). The molecule has 0 aromatic heterocycles. The van der Waals surface area contributed by atoms with Crippen LogP contribution in [0, 0.1) is 0 Å². The highest BCUT2D eigenvalue weighted by atomic mass is 31.2. The maximum absolute atomic E-state index is 13.1. The molecule has 9 heteroatoms. The van der Waals surface area contributed by atoms with Gasteiger partial charge in [-0.25, -0.2) is 4.57 Å². The van der Waals surface area contributed by atoms with E-state index < -0.39 is 20.0 Å². The van der Waals surface area contributed by atoms with Crippen molar-refractivity contribution in [3.63, 3.8) is 0 Å². The number of hydrogen-bond acceptors (Lipinski definition) is 5. The highest BCUT2D eigenvalue weighted by Crippen LogP contribution is 2.43. The number of nitrogens with one attached hydrogen (secondary N) is 1. The van der Waals surface area contributed by atoms with E-state index in [-0.39, 0.29) is 19.1 Å². The highest BCUT2D eigenvalue weighted by molar-refractivity contribution is 7.47. The average Bonchev–Trinajstić information content (AvgIpc) is 3.72. The van der Waals surface area contributed by atoms with Gasteiger partial charge in [0.1, 0.15) is 13.2 Å². The normalized spacial score (nSPS) is 14.3. The molecule has 0 saturated carbocycles. The quantitative estimate of drug-likeness (QED) is 0.0243. The second-order valence-electron chi connectivity index (χ2n) is 26.3. The fourth-order valence-corrected chi connectivity index (χ4v) is 11.3. The number of aliphatic hydroxyl groups is 1. The Hall–Kier alpha value is -3.36. The molecular weight excluding hydrogens is 1130 g/mol. The summed E-state index contributed by atoms with van der Waals surface area (Å²) in [7, 11) is 1.54. The van der Waals surface area contributed by atoms with E-state index in [0.717, 1.165) is 96.3 Å². The Morgan fingerprint density at radius 2 is 0.678 bits per heavy atom. The van der Waals surface area contributed by atoms with Crippen molar-refractivity contribution in [2.45, 2.75) is 334 Å². The van der Waals surface area contributed by atoms with Crippen molar-refractivity contribution in [1.82, 2.24) is 5.32 Å². The van der Waals surface area contributed by atoms with Crippen LogP contribution < -0.4 is 5.32 Å². The standard InChI is InChI=1S/C81H143N2O6P/c1-6-8-10-12-14-16-18-20-22-24-26-28-30-32-34-36-37-38-39-40-41-42-43-44-45-47-49-51-53-55-57-59-61-63-65-67-69-71-73-75-81(85)82-79(78-89-90(86,87)88-77-76-83(3,4)5)80(84)74-72-70-68-66-64-62-60-58-56-54-52-50-48-46-35-33-31-29-27-25-23-21-19-17-15-13-11-9-7-2/h8,10,14,16,20,22,26,28,32,34,37-38,40-41,43-44,56,58,64,66,72,74,79-80,84H,6-7,9,11-13,15,17-19,21,23-25,27,29-31,33,35-36,39,42,45-55,57,59-63,65,67-71,73,75-78H2,1-5H3,(H-,82,85,86,87)/p+1/b10-8-,16-14-,22-20-,28-26-,34-32-,38-37-,41-40-,44-43-,58-56+,66-64+,74-72+. The number of rotatable bonds is 68. The van der Waals surface area contributed by atoms with Crippen molar-refractivity contribution < 1.29 is 32.9 Å². The monoisotopic (exact) mass is 1270 g/mol. The van der Waals surface area contributed by atoms with Gasteiger partial charge in [-0.15, -0.1) is 0 Å². The van der Waals surface area contributed by atoms with Crippen LogP contribution in [-0.2, 0) is 18.4 Å². The molecule has 0 aliphatic rings. The largest absolute Gasteiger partial charge is 0.472 e. The third-order valence-corrected chi connectivity index (χ3v) is 17.3. The van der Waals surface area contributed by atoms with Crippen molar-refractivity contribution in [2.24, 2.45) is 0 Å². The van der Waals surface area contributed by atoms with E-state index in [9.17, 15) is 19.4 Å². The summed E-state index contributed by atoms with van der Waals surface area (Å²) in [4.78, 5) is 23.5. The lowest BCUT2D eigenvalue weighted by molar-refractivity contribution is -0.870. The van der Waals surface area contributed by atoms with E-state index in [4.69, 9.17) is 9.05 Å². The number of amides is 1. The molecule has 3 atom stereocenters. The van der Waals surface area contributed by atoms with Gasteiger partial charge >= 0.3 is 7.82 Å². The summed E-state index contributed by atoms with van der Waals surface area (Å²) in [5.74, 6) is -0.193. The first kappa shape index (κ1) is 86.6. The molecule has 8 nitrogen and oxygen atoms in total. The fourth-order valence-electron chi connectivity index (χ4n) is 10.6. The van der Waals surface area contributed by atoms with Crippen molar-refractivity contribution in [3.8, 4) is 0 Å². The smallest absolute Gasteiger partial charge is 0.387 e. The Kier molecular flexibility index (Phi) is 67.4. The maximum atomic E-state index is 13.1. The number of likely N-dealkylation sites (N-methyl/N-ethyl adjacent to an activating group) is 1. The third-order valence-electron chi connectivity index (χ3n) is 16.3. The first-order valence-corrected chi connectivity index (χ1v) is 39.1. The Labute approximate surface area is 557 Å². The number of carbonyl (C=O) groups excluding carboxylic acids is 1. The highest BCUT2D eigenvalue weighted by Gasteiger charge is 2.28. The predicted molar refractivity (Wildman–Crippen MR) is 396 cm³/mol. The molecule has 0 bridgehead atoms. The van der Waals surface area contributed by atoms with Gasteiger partial charge in [0, 0.05) is 6.42 Å². The summed E-state index contributed by atoms with van der Waals surface area (Å²) in [5, 5.41) is 14.0. The van der Waals surface area contributed by atoms with Gasteiger partial charge in [-0.3, -0.25) is 13.8 Å². The van der Waals surface area contributed by atoms with E-state index in [1.165, 1.54) is 205 Å². The molecule has 0 saturated heterocycles. The molecule has 0 aliphatic carbocycles. The number of phosphoric ester groups is 1. The number of aliphatic hydroxyl groups excluding tert-OH is 1. The molecule has 0 aromatic rings. The molecule has 90 heavy (non-hydrogen) atoms. The lowest BCUT2D eigenvalue weighted by atomic mass is 10.0. The molecule has 0 radical (unpaired) electrons. The van der Waals surface area contributed by atoms with Crippen LogP contribution in [-0.4, -0.2) is 73.4 Å². The first-order chi connectivity index (χ1) is 44.0. The summed E-state index contributed by atoms with van der Waals surface area (Å²) in [5.41, 5.74) is 0. The minimum atomic E-state index is -4.38. The molecule has 0 spiro atoms. The van der Waals surface area contributed by atoms with E-state index in [1.54, 1.807) is 6.08 Å². The minimum Gasteiger partial charge on any atom is -0.387 e. The van der Waals surface area contributed by atoms with Crippen LogP contribution in [0.25, 0.3) is 0 Å². The number of quaternary nitrogens is 1. The summed E-state index contributed by atoms with van der Waals surface area (Å²) in [6, 6.07) is -0.880. The minimum absolute atomic E-state index is 0.0486. The lowest BCUT2D eigenvalue weighted by Crippen LogP contribution is -2.45. The van der Waals surface area contributed by atoms with Crippen LogP contribution in [0.1, 0.15) is 322 Å². The molecule has 3 N–H and O–H groups in total. The number of allylic oxidation sites excluding steroid dienone is 21. The molecule has 1 amide bonds. The summed E-state index contributed by atoms with van der Waals surface area (Å²) < 4.78 is 23.8. The van der Waals surface area contributed by atoms with Crippen molar-refractivity contribution in [2.75, 3.05) is 40.9 Å². The first-order valence-electron chi connectivity index (χ1n) is 37.6. The third kappa shape index (κ3) is 72.1. The van der Waals surface area contributed by atoms with Gasteiger partial charge in [0.25, 0.3) is 0 Å². The van der Waals surface area contributed by atoms with E-state index >= 15 is 0 Å². The molecule has 0 aliphatic heterocycles. The van der Waals surface area contributed by atoms with E-state index in [0.29, 0.717) is 17.4 Å². The molecular formula is C81H144N2O6P+. The van der Waals surface area contributed by atoms with Crippen LogP contribution in [0.4, 0.5) is 0 Å². The number of hydrogen-bond donors (Lipinski definition) is 3. The number of nitrogens with zero attached hydrogens (tertiary/aromatic N) is 1. The fraction of sp³-hybridized carbons (Fsp3) is 0.716. The van der Waals surface area contributed by atoms with Crippen molar-refractivity contribution in [1.29, 1.82) is 0 Å². The average molecular weight is 1270 g/mol. The topological polar surface area (TPSA) is 105 Å². The van der Waals surface area contributed by atoms with Crippen molar-refractivity contribution >= 4 is 13.7 Å². The van der Waals surface area contributed by atoms with Gasteiger partial charge in [0.15, 0.2) is 0 Å². The second-order valence-corrected chi connectivity index (χ2v) is 27.7. The van der Waals surface area contributed by atoms with Gasteiger partial charge in [-0.2, -0.15) is 0 Å². The molecule has 0 aromatic carbocycles. The summed E-state index contributed by atoms with van der Waals surface area (Å²) >= 11 is 0. The molecule has 0 fully saturated rings. The Morgan fingerprint density at radius 1 is 0.389 bits per heavy atom. The van der Waals surface area contributed by atoms with E-state index in [2.05, 4.69) is 141 Å². The SMILES string of the molecule is CC/C=C\C/C=C\C/C=C\C/C=C\C/C=C\C/C=C\C/C=C\C/C=C\CCCCCCCCCCCCCCCCC(=O)NC(COP(=O)(O)OCC[N+](C)(C)C)C(O)/C=C/CC/C=C/CC/C=C/CCCCCCCCCCCCCCCCCCCCC. The maximum Gasteiger partial charge on any atom is 0.472 e.